The topological polar surface area (TPSA) is 27.8 Å². The van der Waals surface area contributed by atoms with Gasteiger partial charge in [0.25, 0.3) is 0 Å². The number of benzene rings is 2. The molecule has 0 amide bonds. The molecular weight excluding hydrogens is 315 g/mol. The Kier molecular flexibility index (Phi) is 4.72. The lowest BCUT2D eigenvalue weighted by Gasteiger charge is -2.19. The lowest BCUT2D eigenvalue weighted by Crippen LogP contribution is -2.13. The van der Waals surface area contributed by atoms with Crippen molar-refractivity contribution >= 4 is 34.1 Å². The van der Waals surface area contributed by atoms with Crippen LogP contribution in [0.1, 0.15) is 23.5 Å². The van der Waals surface area contributed by atoms with Crippen LogP contribution in [0, 0.1) is 0 Å². The molecule has 1 atom stereocenters. The van der Waals surface area contributed by atoms with Crippen molar-refractivity contribution in [2.45, 2.75) is 12.3 Å². The summed E-state index contributed by atoms with van der Waals surface area (Å²) < 4.78 is 0. The summed E-state index contributed by atoms with van der Waals surface area (Å²) in [5.41, 5.74) is 3.66. The second-order valence-corrected chi connectivity index (χ2v) is 6.22. The number of hydrogen-bond acceptors (Lipinski definition) is 1. The highest BCUT2D eigenvalue weighted by atomic mass is 35.5. The van der Waals surface area contributed by atoms with E-state index in [-0.39, 0.29) is 5.92 Å². The Morgan fingerprint density at radius 2 is 1.95 bits per heavy atom. The van der Waals surface area contributed by atoms with Gasteiger partial charge in [0.2, 0.25) is 0 Å². The minimum atomic E-state index is 0.279. The molecule has 0 radical (unpaired) electrons. The number of aromatic amines is 1. The first-order valence-corrected chi connectivity index (χ1v) is 8.12. The van der Waals surface area contributed by atoms with Crippen LogP contribution in [0.4, 0.5) is 0 Å². The summed E-state index contributed by atoms with van der Waals surface area (Å²) in [5, 5.41) is 5.70. The summed E-state index contributed by atoms with van der Waals surface area (Å²) in [7, 11) is 1.97. The Balaban J connectivity index is 2.09. The van der Waals surface area contributed by atoms with E-state index in [4.69, 9.17) is 23.2 Å². The zero-order valence-electron chi connectivity index (χ0n) is 12.4. The fourth-order valence-corrected chi connectivity index (χ4v) is 3.24. The molecule has 0 bridgehead atoms. The molecule has 1 heterocycles. The minimum Gasteiger partial charge on any atom is -0.361 e. The Bertz CT molecular complexity index is 780. The first kappa shape index (κ1) is 15.4. The minimum absolute atomic E-state index is 0.279. The SMILES string of the molecule is CNCC[C@H](c1ccc(Cl)c(Cl)c1)c1cccc2[nH]ccc12. The highest BCUT2D eigenvalue weighted by molar-refractivity contribution is 6.42. The van der Waals surface area contributed by atoms with E-state index < -0.39 is 0 Å². The molecule has 2 N–H and O–H groups in total. The van der Waals surface area contributed by atoms with Crippen molar-refractivity contribution in [3.8, 4) is 0 Å². The number of hydrogen-bond donors (Lipinski definition) is 2. The molecule has 0 aliphatic carbocycles. The maximum atomic E-state index is 6.22. The average Bonchev–Trinajstić information content (AvgIpc) is 3.00. The lowest BCUT2D eigenvalue weighted by atomic mass is 9.86. The molecule has 0 fully saturated rings. The molecule has 22 heavy (non-hydrogen) atoms. The number of rotatable bonds is 5. The standard InChI is InChI=1S/C18H18Cl2N2/c1-21-9-7-13(12-5-6-16(19)17(20)11-12)14-3-2-4-18-15(14)8-10-22-18/h2-6,8,10-11,13,21-22H,7,9H2,1H3/t13-/m1/s1. The predicted octanol–water partition coefficient (Wildman–Crippen LogP) is 5.22. The number of fused-ring (bicyclic) bond motifs is 1. The molecule has 0 saturated carbocycles. The average molecular weight is 333 g/mol. The third kappa shape index (κ3) is 3.00. The molecule has 114 valence electrons. The number of nitrogens with one attached hydrogen (secondary N) is 2. The van der Waals surface area contributed by atoms with E-state index in [2.05, 4.69) is 40.6 Å². The second kappa shape index (κ2) is 6.74. The van der Waals surface area contributed by atoms with Gasteiger partial charge >= 0.3 is 0 Å². The van der Waals surface area contributed by atoms with Gasteiger partial charge < -0.3 is 10.3 Å². The van der Waals surface area contributed by atoms with Crippen LogP contribution in [-0.2, 0) is 0 Å². The summed E-state index contributed by atoms with van der Waals surface area (Å²) in [6.45, 7) is 0.936. The van der Waals surface area contributed by atoms with Gasteiger partial charge in [-0.1, -0.05) is 41.4 Å². The zero-order chi connectivity index (χ0) is 15.5. The fourth-order valence-electron chi connectivity index (χ4n) is 2.93. The first-order valence-electron chi connectivity index (χ1n) is 7.36. The third-order valence-corrected chi connectivity index (χ3v) is 4.77. The number of H-pyrrole nitrogens is 1. The largest absolute Gasteiger partial charge is 0.361 e. The van der Waals surface area contributed by atoms with Crippen molar-refractivity contribution in [1.29, 1.82) is 0 Å². The smallest absolute Gasteiger partial charge is 0.0595 e. The molecule has 3 rings (SSSR count). The van der Waals surface area contributed by atoms with Crippen molar-refractivity contribution in [3.05, 3.63) is 69.8 Å². The Morgan fingerprint density at radius 3 is 2.73 bits per heavy atom. The van der Waals surface area contributed by atoms with Gasteiger partial charge in [-0.05, 0) is 55.4 Å². The monoisotopic (exact) mass is 332 g/mol. The normalized spacial score (nSPS) is 12.7. The van der Waals surface area contributed by atoms with Crippen LogP contribution < -0.4 is 5.32 Å². The van der Waals surface area contributed by atoms with Gasteiger partial charge in [0, 0.05) is 23.0 Å². The second-order valence-electron chi connectivity index (χ2n) is 5.40. The van der Waals surface area contributed by atoms with Crippen LogP contribution in [0.3, 0.4) is 0 Å². The van der Waals surface area contributed by atoms with E-state index >= 15 is 0 Å². The molecule has 1 aromatic heterocycles. The zero-order valence-corrected chi connectivity index (χ0v) is 13.9. The molecule has 2 nitrogen and oxygen atoms in total. The van der Waals surface area contributed by atoms with Crippen molar-refractivity contribution in [2.75, 3.05) is 13.6 Å². The quantitative estimate of drug-likeness (QED) is 0.658. The summed E-state index contributed by atoms with van der Waals surface area (Å²) in [6, 6.07) is 14.5. The Labute approximate surface area is 140 Å². The predicted molar refractivity (Wildman–Crippen MR) is 95.1 cm³/mol. The van der Waals surface area contributed by atoms with Gasteiger partial charge in [0.1, 0.15) is 0 Å². The summed E-state index contributed by atoms with van der Waals surface area (Å²) in [4.78, 5) is 3.28. The van der Waals surface area contributed by atoms with E-state index in [9.17, 15) is 0 Å². The summed E-state index contributed by atoms with van der Waals surface area (Å²) in [5.74, 6) is 0.279. The molecule has 0 aliphatic rings. The highest BCUT2D eigenvalue weighted by Crippen LogP contribution is 2.35. The van der Waals surface area contributed by atoms with Gasteiger partial charge in [-0.2, -0.15) is 0 Å². The van der Waals surface area contributed by atoms with E-state index in [1.54, 1.807) is 0 Å². The van der Waals surface area contributed by atoms with Crippen molar-refractivity contribution in [1.82, 2.24) is 10.3 Å². The molecule has 4 heteroatoms. The van der Waals surface area contributed by atoms with Crippen molar-refractivity contribution in [2.24, 2.45) is 0 Å². The molecule has 3 aromatic rings. The van der Waals surface area contributed by atoms with Gasteiger partial charge in [-0.25, -0.2) is 0 Å². The molecule has 0 aliphatic heterocycles. The van der Waals surface area contributed by atoms with Crippen LogP contribution in [-0.4, -0.2) is 18.6 Å². The van der Waals surface area contributed by atoms with Gasteiger partial charge in [-0.3, -0.25) is 0 Å². The maximum Gasteiger partial charge on any atom is 0.0595 e. The summed E-state index contributed by atoms with van der Waals surface area (Å²) >= 11 is 12.3. The lowest BCUT2D eigenvalue weighted by molar-refractivity contribution is 0.664. The number of aromatic nitrogens is 1. The van der Waals surface area contributed by atoms with Crippen molar-refractivity contribution in [3.63, 3.8) is 0 Å². The Morgan fingerprint density at radius 1 is 1.09 bits per heavy atom. The molecule has 0 saturated heterocycles. The molecule has 0 unspecified atom stereocenters. The maximum absolute atomic E-state index is 6.22. The van der Waals surface area contributed by atoms with Crippen LogP contribution in [0.25, 0.3) is 10.9 Å². The van der Waals surface area contributed by atoms with Gasteiger partial charge in [0.05, 0.1) is 10.0 Å². The highest BCUT2D eigenvalue weighted by Gasteiger charge is 2.17. The number of halogens is 2. The van der Waals surface area contributed by atoms with Crippen LogP contribution in [0.15, 0.2) is 48.7 Å². The van der Waals surface area contributed by atoms with Crippen LogP contribution >= 0.6 is 23.2 Å². The Hall–Kier alpha value is -1.48. The summed E-state index contributed by atoms with van der Waals surface area (Å²) in [6.07, 6.45) is 2.98. The van der Waals surface area contributed by atoms with E-state index in [1.165, 1.54) is 16.5 Å². The van der Waals surface area contributed by atoms with Gasteiger partial charge in [0.15, 0.2) is 0 Å². The third-order valence-electron chi connectivity index (χ3n) is 4.03. The first-order chi connectivity index (χ1) is 10.7. The molecular formula is C18H18Cl2N2. The van der Waals surface area contributed by atoms with E-state index in [1.807, 2.05) is 25.4 Å². The van der Waals surface area contributed by atoms with Gasteiger partial charge in [-0.15, -0.1) is 0 Å². The van der Waals surface area contributed by atoms with E-state index in [0.29, 0.717) is 10.0 Å². The van der Waals surface area contributed by atoms with E-state index in [0.717, 1.165) is 18.5 Å². The van der Waals surface area contributed by atoms with Crippen LogP contribution in [0.2, 0.25) is 10.0 Å². The molecule has 2 aromatic carbocycles. The molecule has 0 spiro atoms. The van der Waals surface area contributed by atoms with Crippen LogP contribution in [0.5, 0.6) is 0 Å². The van der Waals surface area contributed by atoms with Crippen molar-refractivity contribution < 1.29 is 0 Å². The fraction of sp³-hybridized carbons (Fsp3) is 0.222.